The van der Waals surface area contributed by atoms with Gasteiger partial charge in [-0.15, -0.1) is 12.4 Å². The van der Waals surface area contributed by atoms with Crippen LogP contribution < -0.4 is 11.1 Å². The van der Waals surface area contributed by atoms with Crippen molar-refractivity contribution in [1.82, 2.24) is 5.32 Å². The number of nitrogens with one attached hydrogen (secondary N) is 1. The van der Waals surface area contributed by atoms with E-state index in [4.69, 9.17) is 10.5 Å². The number of hydrogen-bond donors (Lipinski definition) is 2. The first kappa shape index (κ1) is 16.0. The van der Waals surface area contributed by atoms with Gasteiger partial charge in [-0.1, -0.05) is 0 Å². The molecule has 0 aromatic heterocycles. The van der Waals surface area contributed by atoms with Gasteiger partial charge in [-0.2, -0.15) is 0 Å². The van der Waals surface area contributed by atoms with Crippen molar-refractivity contribution in [2.45, 2.75) is 45.8 Å². The second-order valence-electron chi connectivity index (χ2n) is 4.71. The van der Waals surface area contributed by atoms with E-state index in [9.17, 15) is 4.79 Å². The van der Waals surface area contributed by atoms with Crippen molar-refractivity contribution in [3.63, 3.8) is 0 Å². The lowest BCUT2D eigenvalue weighted by Crippen LogP contribution is -2.50. The van der Waals surface area contributed by atoms with Gasteiger partial charge in [0.25, 0.3) is 0 Å². The van der Waals surface area contributed by atoms with Crippen molar-refractivity contribution in [2.24, 2.45) is 5.73 Å². The van der Waals surface area contributed by atoms with Crippen molar-refractivity contribution in [2.75, 3.05) is 6.54 Å². The van der Waals surface area contributed by atoms with E-state index in [0.717, 1.165) is 0 Å². The van der Waals surface area contributed by atoms with E-state index in [2.05, 4.69) is 5.32 Å². The third-order valence-electron chi connectivity index (χ3n) is 1.35. The Morgan fingerprint density at radius 2 is 1.71 bits per heavy atom. The molecule has 0 spiro atoms. The smallest absolute Gasteiger partial charge is 0.408 e. The minimum atomic E-state index is -0.464. The van der Waals surface area contributed by atoms with Gasteiger partial charge in [0, 0.05) is 12.1 Å². The summed E-state index contributed by atoms with van der Waals surface area (Å²) in [6.07, 6.45) is -0.428. The second-order valence-corrected chi connectivity index (χ2v) is 4.71. The van der Waals surface area contributed by atoms with Gasteiger partial charge in [0.2, 0.25) is 0 Å². The number of carbonyl (C=O) groups is 1. The lowest BCUT2D eigenvalue weighted by molar-refractivity contribution is 0.0476. The summed E-state index contributed by atoms with van der Waals surface area (Å²) in [4.78, 5) is 11.2. The van der Waals surface area contributed by atoms with Crippen LogP contribution in [-0.2, 0) is 4.74 Å². The minimum absolute atomic E-state index is 0. The van der Waals surface area contributed by atoms with E-state index in [1.807, 2.05) is 34.6 Å². The van der Waals surface area contributed by atoms with Crippen molar-refractivity contribution in [3.8, 4) is 0 Å². The average molecular weight is 225 g/mol. The van der Waals surface area contributed by atoms with Crippen LogP contribution in [-0.4, -0.2) is 23.8 Å². The summed E-state index contributed by atoms with van der Waals surface area (Å²) in [6.45, 7) is 9.53. The fraction of sp³-hybridized carbons (Fsp3) is 0.889. The van der Waals surface area contributed by atoms with E-state index in [1.54, 1.807) is 0 Å². The Bertz CT molecular complexity index is 188. The topological polar surface area (TPSA) is 64.3 Å². The Hall–Kier alpha value is -0.480. The predicted octanol–water partition coefficient (Wildman–Crippen LogP) is 1.67. The zero-order valence-corrected chi connectivity index (χ0v) is 10.3. The van der Waals surface area contributed by atoms with Crippen molar-refractivity contribution >= 4 is 18.5 Å². The largest absolute Gasteiger partial charge is 0.444 e. The fourth-order valence-electron chi connectivity index (χ4n) is 0.631. The van der Waals surface area contributed by atoms with Crippen LogP contribution in [0.3, 0.4) is 0 Å². The Morgan fingerprint density at radius 3 is 2.00 bits per heavy atom. The Balaban J connectivity index is 0. The van der Waals surface area contributed by atoms with Gasteiger partial charge >= 0.3 is 6.09 Å². The van der Waals surface area contributed by atoms with Gasteiger partial charge in [0.05, 0.1) is 0 Å². The van der Waals surface area contributed by atoms with E-state index in [-0.39, 0.29) is 12.4 Å². The van der Waals surface area contributed by atoms with Gasteiger partial charge in [0.15, 0.2) is 0 Å². The summed E-state index contributed by atoms with van der Waals surface area (Å²) >= 11 is 0. The number of alkyl carbamates (subject to hydrolysis) is 1. The van der Waals surface area contributed by atoms with Crippen molar-refractivity contribution < 1.29 is 9.53 Å². The highest BCUT2D eigenvalue weighted by Crippen LogP contribution is 2.08. The van der Waals surface area contributed by atoms with Gasteiger partial charge in [-0.25, -0.2) is 4.79 Å². The van der Waals surface area contributed by atoms with E-state index in [0.29, 0.717) is 6.54 Å². The monoisotopic (exact) mass is 224 g/mol. The van der Waals surface area contributed by atoms with Gasteiger partial charge in [-0.05, 0) is 34.6 Å². The highest BCUT2D eigenvalue weighted by Gasteiger charge is 2.22. The third kappa shape index (κ3) is 8.13. The number of rotatable bonds is 2. The van der Waals surface area contributed by atoms with Crippen molar-refractivity contribution in [3.05, 3.63) is 0 Å². The zero-order valence-electron chi connectivity index (χ0n) is 9.51. The molecule has 86 valence electrons. The maximum absolute atomic E-state index is 11.2. The molecule has 4 nitrogen and oxygen atoms in total. The predicted molar refractivity (Wildman–Crippen MR) is 59.8 cm³/mol. The third-order valence-corrected chi connectivity index (χ3v) is 1.35. The Kier molecular flexibility index (Phi) is 6.17. The standard InChI is InChI=1S/C9H20N2O2.ClH/c1-8(2,3)13-7(12)11-9(4,5)6-10;/h6,10H2,1-5H3,(H,11,12);1H. The second kappa shape index (κ2) is 5.41. The number of halogens is 1. The molecule has 0 fully saturated rings. The molecule has 0 bridgehead atoms. The van der Waals surface area contributed by atoms with Crippen molar-refractivity contribution in [1.29, 1.82) is 0 Å². The number of hydrogen-bond acceptors (Lipinski definition) is 3. The SMILES string of the molecule is CC(C)(CN)NC(=O)OC(C)(C)C.Cl. The molecule has 0 saturated heterocycles. The van der Waals surface area contributed by atoms with Gasteiger partial charge in [0.1, 0.15) is 5.60 Å². The van der Waals surface area contributed by atoms with Crippen LogP contribution in [0.15, 0.2) is 0 Å². The summed E-state index contributed by atoms with van der Waals surface area (Å²) in [5.74, 6) is 0. The molecule has 3 N–H and O–H groups in total. The van der Waals surface area contributed by atoms with Crippen LogP contribution >= 0.6 is 12.4 Å². The molecule has 1 amide bonds. The van der Waals surface area contributed by atoms with Crippen LogP contribution in [0.2, 0.25) is 0 Å². The summed E-state index contributed by atoms with van der Waals surface area (Å²) in [5, 5.41) is 2.68. The number of carbonyl (C=O) groups excluding carboxylic acids is 1. The van der Waals surface area contributed by atoms with Crippen LogP contribution in [0, 0.1) is 0 Å². The molecule has 0 aromatic carbocycles. The molecule has 0 unspecified atom stereocenters. The lowest BCUT2D eigenvalue weighted by atomic mass is 10.1. The highest BCUT2D eigenvalue weighted by molar-refractivity contribution is 5.85. The molecule has 5 heteroatoms. The molecule has 0 radical (unpaired) electrons. The fourth-order valence-corrected chi connectivity index (χ4v) is 0.631. The molecule has 0 aliphatic heterocycles. The first-order valence-electron chi connectivity index (χ1n) is 4.37. The molecular weight excluding hydrogens is 204 g/mol. The summed E-state index contributed by atoms with van der Waals surface area (Å²) < 4.78 is 5.07. The number of ether oxygens (including phenoxy) is 1. The quantitative estimate of drug-likeness (QED) is 0.750. The zero-order chi connectivity index (χ0) is 10.7. The van der Waals surface area contributed by atoms with Gasteiger partial charge in [-0.3, -0.25) is 0 Å². The van der Waals surface area contributed by atoms with Crippen LogP contribution in [0.4, 0.5) is 4.79 Å². The Labute approximate surface area is 92.0 Å². The number of nitrogens with two attached hydrogens (primary N) is 1. The van der Waals surface area contributed by atoms with E-state index < -0.39 is 17.2 Å². The minimum Gasteiger partial charge on any atom is -0.444 e. The normalized spacial score (nSPS) is 11.6. The van der Waals surface area contributed by atoms with Crippen LogP contribution in [0.5, 0.6) is 0 Å². The maximum Gasteiger partial charge on any atom is 0.408 e. The molecule has 0 aliphatic rings. The first-order chi connectivity index (χ1) is 5.66. The van der Waals surface area contributed by atoms with E-state index in [1.165, 1.54) is 0 Å². The molecular formula is C9H21ClN2O2. The maximum atomic E-state index is 11.2. The first-order valence-corrected chi connectivity index (χ1v) is 4.37. The highest BCUT2D eigenvalue weighted by atomic mass is 35.5. The molecule has 0 aliphatic carbocycles. The molecule has 14 heavy (non-hydrogen) atoms. The average Bonchev–Trinajstić information content (AvgIpc) is 1.81. The molecule has 0 atom stereocenters. The van der Waals surface area contributed by atoms with Gasteiger partial charge < -0.3 is 15.8 Å². The summed E-state index contributed by atoms with van der Waals surface area (Å²) in [6, 6.07) is 0. The molecule has 0 saturated carbocycles. The summed E-state index contributed by atoms with van der Waals surface area (Å²) in [7, 11) is 0. The molecule has 0 rings (SSSR count). The Morgan fingerprint density at radius 1 is 1.29 bits per heavy atom. The number of amides is 1. The molecule has 0 heterocycles. The van der Waals surface area contributed by atoms with Crippen LogP contribution in [0.25, 0.3) is 0 Å². The molecule has 0 aromatic rings. The van der Waals surface area contributed by atoms with E-state index >= 15 is 0 Å². The van der Waals surface area contributed by atoms with Crippen LogP contribution in [0.1, 0.15) is 34.6 Å². The summed E-state index contributed by atoms with van der Waals surface area (Å²) in [5.41, 5.74) is 4.57. The lowest BCUT2D eigenvalue weighted by Gasteiger charge is -2.27.